The fourth-order valence-corrected chi connectivity index (χ4v) is 2.12. The minimum atomic E-state index is -0.135. The van der Waals surface area contributed by atoms with E-state index < -0.39 is 0 Å². The van der Waals surface area contributed by atoms with Crippen LogP contribution < -0.4 is 4.74 Å². The van der Waals surface area contributed by atoms with Crippen molar-refractivity contribution < 1.29 is 9.84 Å². The molecule has 1 heterocycles. The summed E-state index contributed by atoms with van der Waals surface area (Å²) < 4.78 is 5.75. The molecule has 2 heteroatoms. The molecule has 0 aliphatic carbocycles. The van der Waals surface area contributed by atoms with Gasteiger partial charge < -0.3 is 9.84 Å². The highest BCUT2D eigenvalue weighted by atomic mass is 16.5. The molecule has 15 heavy (non-hydrogen) atoms. The summed E-state index contributed by atoms with van der Waals surface area (Å²) in [5, 5.41) is 9.84. The summed E-state index contributed by atoms with van der Waals surface area (Å²) in [5.74, 6) is 1.53. The van der Waals surface area contributed by atoms with Crippen molar-refractivity contribution in [3.8, 4) is 11.5 Å². The smallest absolute Gasteiger partial charge is 0.127 e. The highest BCUT2D eigenvalue weighted by Gasteiger charge is 2.31. The Labute approximate surface area is 90.9 Å². The largest absolute Gasteiger partial charge is 0.508 e. The average molecular weight is 206 g/mol. The second-order valence-corrected chi connectivity index (χ2v) is 5.21. The molecule has 0 amide bonds. The lowest BCUT2D eigenvalue weighted by Gasteiger charge is -2.16. The van der Waals surface area contributed by atoms with Gasteiger partial charge in [0.05, 0.1) is 0 Å². The fourth-order valence-electron chi connectivity index (χ4n) is 2.12. The van der Waals surface area contributed by atoms with Crippen molar-refractivity contribution >= 4 is 0 Å². The van der Waals surface area contributed by atoms with Crippen LogP contribution in [0.2, 0.25) is 0 Å². The predicted molar refractivity (Wildman–Crippen MR) is 60.6 cm³/mol. The zero-order valence-corrected chi connectivity index (χ0v) is 9.79. The van der Waals surface area contributed by atoms with Gasteiger partial charge in [-0.2, -0.15) is 0 Å². The Kier molecular flexibility index (Phi) is 2.18. The van der Waals surface area contributed by atoms with Crippen LogP contribution in [0.3, 0.4) is 0 Å². The van der Waals surface area contributed by atoms with Gasteiger partial charge in [0.15, 0.2) is 0 Å². The van der Waals surface area contributed by atoms with E-state index in [-0.39, 0.29) is 5.60 Å². The first-order valence-electron chi connectivity index (χ1n) is 5.44. The van der Waals surface area contributed by atoms with Crippen LogP contribution in [0.4, 0.5) is 0 Å². The molecule has 0 spiro atoms. The molecule has 0 bridgehead atoms. The highest BCUT2D eigenvalue weighted by Crippen LogP contribution is 2.40. The monoisotopic (exact) mass is 206 g/mol. The molecule has 0 atom stereocenters. The summed E-state index contributed by atoms with van der Waals surface area (Å²) in [5.41, 5.74) is 2.08. The van der Waals surface area contributed by atoms with Crippen LogP contribution in [0.15, 0.2) is 12.1 Å². The maximum Gasteiger partial charge on any atom is 0.127 e. The first kappa shape index (κ1) is 10.3. The predicted octanol–water partition coefficient (Wildman–Crippen LogP) is 3.23. The second kappa shape index (κ2) is 3.16. The van der Waals surface area contributed by atoms with Crippen molar-refractivity contribution in [3.05, 3.63) is 23.3 Å². The van der Waals surface area contributed by atoms with Crippen molar-refractivity contribution in [2.24, 2.45) is 0 Å². The van der Waals surface area contributed by atoms with Gasteiger partial charge in [-0.25, -0.2) is 0 Å². The number of hydrogen-bond donors (Lipinski definition) is 1. The quantitative estimate of drug-likeness (QED) is 0.764. The highest BCUT2D eigenvalue weighted by molar-refractivity contribution is 5.49. The van der Waals surface area contributed by atoms with Gasteiger partial charge in [-0.1, -0.05) is 13.8 Å². The minimum absolute atomic E-state index is 0.135. The minimum Gasteiger partial charge on any atom is -0.508 e. The number of ether oxygens (including phenoxy) is 1. The van der Waals surface area contributed by atoms with Crippen molar-refractivity contribution in [2.75, 3.05) is 0 Å². The third-order valence-electron chi connectivity index (χ3n) is 2.83. The molecule has 1 aliphatic rings. The van der Waals surface area contributed by atoms with Crippen LogP contribution in [-0.2, 0) is 6.42 Å². The van der Waals surface area contributed by atoms with Gasteiger partial charge in [-0.15, -0.1) is 0 Å². The Morgan fingerprint density at radius 1 is 1.33 bits per heavy atom. The Morgan fingerprint density at radius 3 is 2.60 bits per heavy atom. The lowest BCUT2D eigenvalue weighted by Crippen LogP contribution is -2.24. The lowest BCUT2D eigenvalue weighted by atomic mass is 9.95. The van der Waals surface area contributed by atoms with E-state index in [4.69, 9.17) is 4.74 Å². The van der Waals surface area contributed by atoms with Gasteiger partial charge in [0.1, 0.15) is 17.1 Å². The fraction of sp³-hybridized carbons (Fsp3) is 0.538. The zero-order chi connectivity index (χ0) is 11.2. The molecule has 0 unspecified atom stereocenters. The van der Waals surface area contributed by atoms with Crippen molar-refractivity contribution in [3.63, 3.8) is 0 Å². The summed E-state index contributed by atoms with van der Waals surface area (Å²) >= 11 is 0. The molecule has 1 N–H and O–H groups in total. The van der Waals surface area contributed by atoms with E-state index in [1.807, 2.05) is 0 Å². The molecular formula is C13H18O2. The van der Waals surface area contributed by atoms with E-state index in [2.05, 4.69) is 33.8 Å². The number of benzene rings is 1. The van der Waals surface area contributed by atoms with Crippen LogP contribution in [0, 0.1) is 0 Å². The van der Waals surface area contributed by atoms with E-state index in [0.717, 1.165) is 17.7 Å². The summed E-state index contributed by atoms with van der Waals surface area (Å²) in [7, 11) is 0. The molecule has 0 aromatic heterocycles. The number of fused-ring (bicyclic) bond motifs is 1. The maximum atomic E-state index is 9.84. The standard InChI is InChI=1S/C13H18O2/c1-8(2)10-5-9-7-13(3,4)15-12(9)6-11(10)14/h5-6,8,14H,7H2,1-4H3. The molecular weight excluding hydrogens is 188 g/mol. The molecule has 1 aromatic carbocycles. The Bertz CT molecular complexity index is 392. The molecule has 82 valence electrons. The second-order valence-electron chi connectivity index (χ2n) is 5.21. The van der Waals surface area contributed by atoms with Crippen molar-refractivity contribution in [1.29, 1.82) is 0 Å². The van der Waals surface area contributed by atoms with E-state index >= 15 is 0 Å². The Balaban J connectivity index is 2.45. The first-order valence-corrected chi connectivity index (χ1v) is 5.44. The summed E-state index contributed by atoms with van der Waals surface area (Å²) in [6.45, 7) is 8.31. The van der Waals surface area contributed by atoms with Gasteiger partial charge in [0.25, 0.3) is 0 Å². The molecule has 2 rings (SSSR count). The molecule has 0 saturated carbocycles. The van der Waals surface area contributed by atoms with Crippen LogP contribution in [-0.4, -0.2) is 10.7 Å². The van der Waals surface area contributed by atoms with Gasteiger partial charge in [0, 0.05) is 12.5 Å². The van der Waals surface area contributed by atoms with Crippen LogP contribution in [0.5, 0.6) is 11.5 Å². The third-order valence-corrected chi connectivity index (χ3v) is 2.83. The first-order chi connectivity index (χ1) is 6.89. The van der Waals surface area contributed by atoms with Gasteiger partial charge >= 0.3 is 0 Å². The van der Waals surface area contributed by atoms with E-state index in [0.29, 0.717) is 11.7 Å². The van der Waals surface area contributed by atoms with Crippen LogP contribution in [0.1, 0.15) is 44.7 Å². The van der Waals surface area contributed by atoms with Gasteiger partial charge in [-0.3, -0.25) is 0 Å². The Hall–Kier alpha value is -1.18. The van der Waals surface area contributed by atoms with Crippen molar-refractivity contribution in [1.82, 2.24) is 0 Å². The maximum absolute atomic E-state index is 9.84. The third kappa shape index (κ3) is 1.81. The summed E-state index contributed by atoms with van der Waals surface area (Å²) in [6, 6.07) is 3.82. The normalized spacial score (nSPS) is 17.7. The zero-order valence-electron chi connectivity index (χ0n) is 9.79. The van der Waals surface area contributed by atoms with Crippen LogP contribution in [0.25, 0.3) is 0 Å². The van der Waals surface area contributed by atoms with E-state index in [1.54, 1.807) is 6.07 Å². The summed E-state index contributed by atoms with van der Waals surface area (Å²) in [6.07, 6.45) is 0.919. The number of phenolic OH excluding ortho intramolecular Hbond substituents is 1. The van der Waals surface area contributed by atoms with Crippen molar-refractivity contribution in [2.45, 2.75) is 45.6 Å². The molecule has 1 aromatic rings. The number of phenols is 1. The Morgan fingerprint density at radius 2 is 2.00 bits per heavy atom. The number of aromatic hydroxyl groups is 1. The molecule has 0 fully saturated rings. The number of hydrogen-bond acceptors (Lipinski definition) is 2. The molecule has 0 saturated heterocycles. The van der Waals surface area contributed by atoms with E-state index in [9.17, 15) is 5.11 Å². The average Bonchev–Trinajstić information content (AvgIpc) is 2.36. The summed E-state index contributed by atoms with van der Waals surface area (Å²) in [4.78, 5) is 0. The molecule has 2 nitrogen and oxygen atoms in total. The lowest BCUT2D eigenvalue weighted by molar-refractivity contribution is 0.138. The van der Waals surface area contributed by atoms with Crippen LogP contribution >= 0.6 is 0 Å². The van der Waals surface area contributed by atoms with E-state index in [1.165, 1.54) is 5.56 Å². The van der Waals surface area contributed by atoms with Gasteiger partial charge in [0.2, 0.25) is 0 Å². The SMILES string of the molecule is CC(C)c1cc2c(cc1O)OC(C)(C)C2. The topological polar surface area (TPSA) is 29.5 Å². The number of rotatable bonds is 1. The van der Waals surface area contributed by atoms with Gasteiger partial charge in [-0.05, 0) is 37.0 Å². The molecule has 0 radical (unpaired) electrons. The molecule has 1 aliphatic heterocycles.